The summed E-state index contributed by atoms with van der Waals surface area (Å²) in [5.74, 6) is 0. The van der Waals surface area contributed by atoms with Crippen molar-refractivity contribution in [2.75, 3.05) is 6.54 Å². The van der Waals surface area contributed by atoms with E-state index in [2.05, 4.69) is 33.9 Å². The molecule has 1 aromatic heterocycles. The van der Waals surface area contributed by atoms with E-state index >= 15 is 0 Å². The zero-order chi connectivity index (χ0) is 11.3. The Hall–Kier alpha value is -0.800. The number of nitrogens with one attached hydrogen (secondary N) is 1. The van der Waals surface area contributed by atoms with Crippen LogP contribution in [0, 0.1) is 6.92 Å². The summed E-state index contributed by atoms with van der Waals surface area (Å²) in [5.41, 5.74) is 9.32. The van der Waals surface area contributed by atoms with Gasteiger partial charge in [-0.2, -0.15) is 0 Å². The van der Waals surface area contributed by atoms with Crippen molar-refractivity contribution in [3.8, 4) is 0 Å². The van der Waals surface area contributed by atoms with Gasteiger partial charge in [0.2, 0.25) is 0 Å². The lowest BCUT2D eigenvalue weighted by Gasteiger charge is -1.99. The number of aryl methyl sites for hydroxylation is 1. The molecule has 1 heterocycles. The summed E-state index contributed by atoms with van der Waals surface area (Å²) in [4.78, 5) is 3.22. The highest BCUT2D eigenvalue weighted by molar-refractivity contribution is 9.11. The first kappa shape index (κ1) is 12.3. The molecule has 1 aromatic rings. The molecule has 0 amide bonds. The first-order valence-electron chi connectivity index (χ1n) is 5.05. The van der Waals surface area contributed by atoms with E-state index in [1.807, 2.05) is 25.3 Å². The van der Waals surface area contributed by atoms with Gasteiger partial charge in [-0.05, 0) is 44.0 Å². The monoisotopic (exact) mass is 268 g/mol. The van der Waals surface area contributed by atoms with Crippen LogP contribution in [0.1, 0.15) is 23.7 Å². The Morgan fingerprint density at radius 1 is 1.60 bits per heavy atom. The van der Waals surface area contributed by atoms with E-state index in [1.54, 1.807) is 0 Å². The number of aromatic amines is 1. The van der Waals surface area contributed by atoms with Crippen molar-refractivity contribution >= 4 is 22.0 Å². The maximum atomic E-state index is 5.58. The van der Waals surface area contributed by atoms with Crippen LogP contribution in [0.15, 0.2) is 22.8 Å². The van der Waals surface area contributed by atoms with Gasteiger partial charge >= 0.3 is 0 Å². The zero-order valence-electron chi connectivity index (χ0n) is 9.18. The predicted molar refractivity (Wildman–Crippen MR) is 70.0 cm³/mol. The third kappa shape index (κ3) is 3.36. The van der Waals surface area contributed by atoms with Crippen LogP contribution in [0.3, 0.4) is 0 Å². The molecule has 0 bridgehead atoms. The van der Waals surface area contributed by atoms with Crippen LogP contribution in [0.25, 0.3) is 6.08 Å². The highest BCUT2D eigenvalue weighted by Gasteiger charge is 2.04. The van der Waals surface area contributed by atoms with Crippen LogP contribution in [-0.4, -0.2) is 11.5 Å². The van der Waals surface area contributed by atoms with Gasteiger partial charge in [-0.1, -0.05) is 28.1 Å². The van der Waals surface area contributed by atoms with E-state index in [0.717, 1.165) is 10.9 Å². The third-order valence-corrected chi connectivity index (χ3v) is 3.06. The summed E-state index contributed by atoms with van der Waals surface area (Å²) in [6, 6.07) is 0. The summed E-state index contributed by atoms with van der Waals surface area (Å²) >= 11 is 3.44. The van der Waals surface area contributed by atoms with Gasteiger partial charge < -0.3 is 10.7 Å². The summed E-state index contributed by atoms with van der Waals surface area (Å²) in [5, 5.41) is 0. The number of hydrogen-bond donors (Lipinski definition) is 2. The minimum atomic E-state index is 0.685. The van der Waals surface area contributed by atoms with Gasteiger partial charge in [-0.3, -0.25) is 0 Å². The second-order valence-corrected chi connectivity index (χ2v) is 4.31. The van der Waals surface area contributed by atoms with E-state index in [4.69, 9.17) is 5.73 Å². The van der Waals surface area contributed by atoms with Gasteiger partial charge in [-0.25, -0.2) is 0 Å². The van der Waals surface area contributed by atoms with Crippen LogP contribution in [-0.2, 0) is 6.42 Å². The number of allylic oxidation sites excluding steroid dienone is 3. The summed E-state index contributed by atoms with van der Waals surface area (Å²) in [6.07, 6.45) is 9.09. The highest BCUT2D eigenvalue weighted by atomic mass is 79.9. The van der Waals surface area contributed by atoms with Crippen LogP contribution < -0.4 is 5.73 Å². The molecule has 0 atom stereocenters. The van der Waals surface area contributed by atoms with E-state index in [-0.39, 0.29) is 0 Å². The molecule has 0 spiro atoms. The van der Waals surface area contributed by atoms with Crippen molar-refractivity contribution in [2.24, 2.45) is 5.73 Å². The predicted octanol–water partition coefficient (Wildman–Crippen LogP) is 3.14. The fraction of sp³-hybridized carbons (Fsp3) is 0.333. The second-order valence-electron chi connectivity index (χ2n) is 3.39. The van der Waals surface area contributed by atoms with Crippen molar-refractivity contribution in [1.29, 1.82) is 0 Å². The molecule has 0 radical (unpaired) electrons. The highest BCUT2D eigenvalue weighted by Crippen LogP contribution is 2.17. The molecule has 0 aliphatic carbocycles. The molecule has 2 nitrogen and oxygen atoms in total. The molecule has 15 heavy (non-hydrogen) atoms. The van der Waals surface area contributed by atoms with Crippen molar-refractivity contribution in [3.63, 3.8) is 0 Å². The number of halogens is 1. The molecule has 0 saturated heterocycles. The SMILES string of the molecule is C/C=C(Br)\C=C/c1c[nH]c(C)c1CCN. The molecular formula is C12H17BrN2. The fourth-order valence-corrected chi connectivity index (χ4v) is 1.60. The topological polar surface area (TPSA) is 41.8 Å². The first-order valence-corrected chi connectivity index (χ1v) is 5.85. The van der Waals surface area contributed by atoms with Gasteiger partial charge in [0.15, 0.2) is 0 Å². The average molecular weight is 269 g/mol. The Morgan fingerprint density at radius 2 is 2.33 bits per heavy atom. The lowest BCUT2D eigenvalue weighted by molar-refractivity contribution is 0.955. The van der Waals surface area contributed by atoms with E-state index < -0.39 is 0 Å². The lowest BCUT2D eigenvalue weighted by Crippen LogP contribution is -2.03. The number of aromatic nitrogens is 1. The zero-order valence-corrected chi connectivity index (χ0v) is 10.8. The van der Waals surface area contributed by atoms with Crippen LogP contribution in [0.4, 0.5) is 0 Å². The largest absolute Gasteiger partial charge is 0.364 e. The van der Waals surface area contributed by atoms with Gasteiger partial charge in [0, 0.05) is 16.4 Å². The Balaban J connectivity index is 2.90. The molecule has 0 aliphatic rings. The third-order valence-electron chi connectivity index (χ3n) is 2.34. The van der Waals surface area contributed by atoms with E-state index in [0.29, 0.717) is 6.54 Å². The number of H-pyrrole nitrogens is 1. The Bertz CT molecular complexity index is 375. The van der Waals surface area contributed by atoms with Crippen molar-refractivity contribution in [3.05, 3.63) is 39.7 Å². The second kappa shape index (κ2) is 5.93. The quantitative estimate of drug-likeness (QED) is 0.810. The molecule has 0 aliphatic heterocycles. The maximum absolute atomic E-state index is 5.58. The van der Waals surface area contributed by atoms with Crippen molar-refractivity contribution in [2.45, 2.75) is 20.3 Å². The van der Waals surface area contributed by atoms with Crippen molar-refractivity contribution < 1.29 is 0 Å². The van der Waals surface area contributed by atoms with Gasteiger partial charge in [-0.15, -0.1) is 0 Å². The van der Waals surface area contributed by atoms with Gasteiger partial charge in [0.1, 0.15) is 0 Å². The smallest absolute Gasteiger partial charge is 0.0154 e. The Kier molecular flexibility index (Phi) is 4.85. The summed E-state index contributed by atoms with van der Waals surface area (Å²) in [7, 11) is 0. The van der Waals surface area contributed by atoms with E-state index in [9.17, 15) is 0 Å². The molecule has 0 aromatic carbocycles. The minimum Gasteiger partial charge on any atom is -0.364 e. The molecule has 82 valence electrons. The number of nitrogens with two attached hydrogens (primary N) is 1. The fourth-order valence-electron chi connectivity index (χ4n) is 1.47. The van der Waals surface area contributed by atoms with Gasteiger partial charge in [0.25, 0.3) is 0 Å². The molecule has 3 heteroatoms. The molecule has 1 rings (SSSR count). The summed E-state index contributed by atoms with van der Waals surface area (Å²) in [6.45, 7) is 4.76. The molecule has 0 unspecified atom stereocenters. The van der Waals surface area contributed by atoms with Crippen LogP contribution >= 0.6 is 15.9 Å². The first-order chi connectivity index (χ1) is 7.19. The number of rotatable bonds is 4. The van der Waals surface area contributed by atoms with Gasteiger partial charge in [0.05, 0.1) is 0 Å². The Labute approximate surface area is 99.4 Å². The average Bonchev–Trinajstić information content (AvgIpc) is 2.58. The number of hydrogen-bond acceptors (Lipinski definition) is 1. The van der Waals surface area contributed by atoms with Crippen molar-refractivity contribution in [1.82, 2.24) is 4.98 Å². The standard InChI is InChI=1S/C12H17BrN2/c1-3-11(13)5-4-10-8-15-9(2)12(10)6-7-14/h3-5,8,15H,6-7,14H2,1-2H3/b5-4-,11-3+. The van der Waals surface area contributed by atoms with Crippen LogP contribution in [0.2, 0.25) is 0 Å². The molecule has 3 N–H and O–H groups in total. The van der Waals surface area contributed by atoms with Crippen LogP contribution in [0.5, 0.6) is 0 Å². The van der Waals surface area contributed by atoms with E-state index in [1.165, 1.54) is 16.8 Å². The molecule has 0 saturated carbocycles. The normalized spacial score (nSPS) is 12.7. The Morgan fingerprint density at radius 3 is 2.93 bits per heavy atom. The minimum absolute atomic E-state index is 0.685. The lowest BCUT2D eigenvalue weighted by atomic mass is 10.1. The molecule has 0 fully saturated rings. The summed E-state index contributed by atoms with van der Waals surface area (Å²) < 4.78 is 1.08. The maximum Gasteiger partial charge on any atom is 0.0154 e. The molecular weight excluding hydrogens is 252 g/mol.